The van der Waals surface area contributed by atoms with Crippen molar-refractivity contribution in [1.82, 2.24) is 14.5 Å². The second kappa shape index (κ2) is 9.87. The molecule has 1 unspecified atom stereocenters. The zero-order chi connectivity index (χ0) is 23.5. The molecule has 33 heavy (non-hydrogen) atoms. The third kappa shape index (κ3) is 4.85. The SMILES string of the molecule is COC(=O)c1ccc2c(c1)nc(S(=O)Cc1[nH]cc(C)c(=O)c1C)n2CCC1=CCCCC1. The van der Waals surface area contributed by atoms with Crippen LogP contribution in [-0.4, -0.2) is 31.8 Å². The summed E-state index contributed by atoms with van der Waals surface area (Å²) in [5.74, 6) is -0.272. The van der Waals surface area contributed by atoms with E-state index in [-0.39, 0.29) is 11.2 Å². The van der Waals surface area contributed by atoms with Crippen LogP contribution in [0.2, 0.25) is 0 Å². The lowest BCUT2D eigenvalue weighted by atomic mass is 9.97. The fourth-order valence-corrected chi connectivity index (χ4v) is 5.60. The molecule has 2 aromatic heterocycles. The van der Waals surface area contributed by atoms with E-state index in [1.54, 1.807) is 32.2 Å². The van der Waals surface area contributed by atoms with Gasteiger partial charge in [0.05, 0.1) is 40.3 Å². The Morgan fingerprint density at radius 1 is 1.27 bits per heavy atom. The van der Waals surface area contributed by atoms with Crippen molar-refractivity contribution < 1.29 is 13.7 Å². The molecule has 174 valence electrons. The van der Waals surface area contributed by atoms with Gasteiger partial charge in [0.25, 0.3) is 0 Å². The Bertz CT molecular complexity index is 1320. The number of fused-ring (bicyclic) bond motifs is 1. The summed E-state index contributed by atoms with van der Waals surface area (Å²) in [5, 5.41) is 0.448. The van der Waals surface area contributed by atoms with Crippen LogP contribution >= 0.6 is 0 Å². The molecule has 0 bridgehead atoms. The van der Waals surface area contributed by atoms with Gasteiger partial charge in [-0.15, -0.1) is 0 Å². The summed E-state index contributed by atoms with van der Waals surface area (Å²) in [5.41, 5.74) is 5.07. The molecule has 8 heteroatoms. The Balaban J connectivity index is 1.71. The van der Waals surface area contributed by atoms with E-state index in [4.69, 9.17) is 4.74 Å². The Morgan fingerprint density at radius 2 is 2.09 bits per heavy atom. The highest BCUT2D eigenvalue weighted by molar-refractivity contribution is 7.84. The summed E-state index contributed by atoms with van der Waals surface area (Å²) in [6.07, 6.45) is 9.49. The first-order valence-electron chi connectivity index (χ1n) is 11.2. The van der Waals surface area contributed by atoms with Crippen molar-refractivity contribution >= 4 is 27.8 Å². The number of nitrogens with zero attached hydrogens (tertiary/aromatic N) is 2. The Labute approximate surface area is 195 Å². The van der Waals surface area contributed by atoms with Crippen molar-refractivity contribution in [3.05, 3.63) is 68.7 Å². The maximum atomic E-state index is 13.5. The molecule has 2 heterocycles. The molecule has 0 saturated carbocycles. The maximum Gasteiger partial charge on any atom is 0.337 e. The van der Waals surface area contributed by atoms with E-state index < -0.39 is 16.8 Å². The van der Waals surface area contributed by atoms with E-state index in [0.29, 0.717) is 39.6 Å². The number of benzene rings is 1. The minimum atomic E-state index is -1.48. The molecule has 0 saturated heterocycles. The number of aromatic nitrogens is 3. The van der Waals surface area contributed by atoms with Crippen LogP contribution in [0.15, 0.2) is 46.0 Å². The number of carbonyl (C=O) groups is 1. The normalized spacial score (nSPS) is 14.8. The van der Waals surface area contributed by atoms with Gasteiger partial charge >= 0.3 is 5.97 Å². The molecule has 1 aromatic carbocycles. The van der Waals surface area contributed by atoms with E-state index in [2.05, 4.69) is 16.0 Å². The quantitative estimate of drug-likeness (QED) is 0.412. The number of hydrogen-bond acceptors (Lipinski definition) is 5. The number of carbonyl (C=O) groups excluding carboxylic acids is 1. The van der Waals surface area contributed by atoms with Gasteiger partial charge in [-0.3, -0.25) is 9.00 Å². The van der Waals surface area contributed by atoms with Crippen LogP contribution in [0, 0.1) is 13.8 Å². The number of aryl methyl sites for hydroxylation is 2. The number of nitrogens with one attached hydrogen (secondary N) is 1. The van der Waals surface area contributed by atoms with Gasteiger partial charge in [-0.1, -0.05) is 11.6 Å². The smallest absolute Gasteiger partial charge is 0.337 e. The average molecular weight is 468 g/mol. The largest absolute Gasteiger partial charge is 0.465 e. The number of rotatable bonds is 7. The summed E-state index contributed by atoms with van der Waals surface area (Å²) in [6.45, 7) is 4.16. The van der Waals surface area contributed by atoms with Crippen molar-refractivity contribution in [3.63, 3.8) is 0 Å². The summed E-state index contributed by atoms with van der Waals surface area (Å²) in [6, 6.07) is 5.22. The van der Waals surface area contributed by atoms with Crippen LogP contribution in [0.4, 0.5) is 0 Å². The van der Waals surface area contributed by atoms with Crippen molar-refractivity contribution in [2.24, 2.45) is 0 Å². The highest BCUT2D eigenvalue weighted by atomic mass is 32.2. The lowest BCUT2D eigenvalue weighted by Crippen LogP contribution is -2.16. The second-order valence-electron chi connectivity index (χ2n) is 8.49. The van der Waals surface area contributed by atoms with Crippen LogP contribution in [-0.2, 0) is 27.8 Å². The van der Waals surface area contributed by atoms with E-state index in [1.165, 1.54) is 25.5 Å². The fourth-order valence-electron chi connectivity index (χ4n) is 4.28. The van der Waals surface area contributed by atoms with Crippen molar-refractivity contribution in [3.8, 4) is 0 Å². The number of pyridine rings is 1. The van der Waals surface area contributed by atoms with E-state index in [0.717, 1.165) is 24.8 Å². The number of imidazole rings is 1. The zero-order valence-electron chi connectivity index (χ0n) is 19.3. The summed E-state index contributed by atoms with van der Waals surface area (Å²) in [7, 11) is -0.142. The van der Waals surface area contributed by atoms with Crippen molar-refractivity contribution in [1.29, 1.82) is 0 Å². The number of esters is 1. The first-order valence-corrected chi connectivity index (χ1v) is 12.5. The zero-order valence-corrected chi connectivity index (χ0v) is 20.1. The Kier molecular flexibility index (Phi) is 6.93. The predicted molar refractivity (Wildman–Crippen MR) is 129 cm³/mol. The topological polar surface area (TPSA) is 94.1 Å². The molecule has 1 aliphatic carbocycles. The standard InChI is InChI=1S/C25H29N3O4S/c1-16-14-26-21(17(2)23(16)29)15-33(31)25-27-20-13-19(24(30)32-3)9-10-22(20)28(25)12-11-18-7-5-4-6-8-18/h7,9-10,13-14H,4-6,8,11-12,15H2,1-3H3,(H,26,29). The average Bonchev–Trinajstić information content (AvgIpc) is 3.21. The number of ether oxygens (including phenoxy) is 1. The van der Waals surface area contributed by atoms with Crippen LogP contribution in [0.3, 0.4) is 0 Å². The minimum absolute atomic E-state index is 0.0405. The van der Waals surface area contributed by atoms with Gasteiger partial charge in [0, 0.05) is 29.6 Å². The van der Waals surface area contributed by atoms with Gasteiger partial charge in [-0.25, -0.2) is 9.78 Å². The lowest BCUT2D eigenvalue weighted by Gasteiger charge is -2.15. The third-order valence-electron chi connectivity index (χ3n) is 6.27. The highest BCUT2D eigenvalue weighted by Gasteiger charge is 2.20. The Morgan fingerprint density at radius 3 is 2.82 bits per heavy atom. The first-order chi connectivity index (χ1) is 15.9. The number of allylic oxidation sites excluding steroid dienone is 2. The van der Waals surface area contributed by atoms with Gasteiger partial charge < -0.3 is 14.3 Å². The van der Waals surface area contributed by atoms with Gasteiger partial charge in [-0.2, -0.15) is 0 Å². The molecule has 0 radical (unpaired) electrons. The molecule has 3 aromatic rings. The van der Waals surface area contributed by atoms with Crippen molar-refractivity contribution in [2.75, 3.05) is 7.11 Å². The van der Waals surface area contributed by atoms with Crippen LogP contribution < -0.4 is 5.43 Å². The van der Waals surface area contributed by atoms with Crippen LogP contribution in [0.25, 0.3) is 11.0 Å². The monoisotopic (exact) mass is 467 g/mol. The summed E-state index contributed by atoms with van der Waals surface area (Å²) in [4.78, 5) is 32.1. The predicted octanol–water partition coefficient (Wildman–Crippen LogP) is 4.33. The molecule has 4 rings (SSSR count). The highest BCUT2D eigenvalue weighted by Crippen LogP contribution is 2.26. The second-order valence-corrected chi connectivity index (χ2v) is 9.84. The molecular weight excluding hydrogens is 438 g/mol. The van der Waals surface area contributed by atoms with Crippen LogP contribution in [0.1, 0.15) is 59.3 Å². The molecule has 7 nitrogen and oxygen atoms in total. The summed E-state index contributed by atoms with van der Waals surface area (Å²) < 4.78 is 20.3. The molecular formula is C25H29N3O4S. The molecule has 1 atom stereocenters. The van der Waals surface area contributed by atoms with Crippen molar-refractivity contribution in [2.45, 2.75) is 63.4 Å². The molecule has 0 spiro atoms. The molecule has 1 aliphatic rings. The van der Waals surface area contributed by atoms with Gasteiger partial charge in [0.2, 0.25) is 0 Å². The molecule has 0 fully saturated rings. The fraction of sp³-hybridized carbons (Fsp3) is 0.400. The van der Waals surface area contributed by atoms with Gasteiger partial charge in [0.1, 0.15) is 0 Å². The number of H-pyrrole nitrogens is 1. The Hall–Kier alpha value is -3.00. The number of methoxy groups -OCH3 is 1. The van der Waals surface area contributed by atoms with E-state index in [1.807, 2.05) is 10.6 Å². The van der Waals surface area contributed by atoms with Crippen LogP contribution in [0.5, 0.6) is 0 Å². The number of hydrogen-bond donors (Lipinski definition) is 1. The molecule has 0 aliphatic heterocycles. The van der Waals surface area contributed by atoms with E-state index in [9.17, 15) is 13.8 Å². The maximum absolute atomic E-state index is 13.5. The summed E-state index contributed by atoms with van der Waals surface area (Å²) >= 11 is 0. The van der Waals surface area contributed by atoms with Gasteiger partial charge in [-0.05, 0) is 64.2 Å². The molecule has 0 amide bonds. The third-order valence-corrected chi connectivity index (χ3v) is 7.54. The minimum Gasteiger partial charge on any atom is -0.465 e. The van der Waals surface area contributed by atoms with E-state index >= 15 is 0 Å². The van der Waals surface area contributed by atoms with Gasteiger partial charge in [0.15, 0.2) is 10.6 Å². The molecule has 1 N–H and O–H groups in total. The number of aromatic amines is 1. The lowest BCUT2D eigenvalue weighted by molar-refractivity contribution is 0.0601. The first kappa shape index (κ1) is 23.2.